The first-order chi connectivity index (χ1) is 11.7. The van der Waals surface area contributed by atoms with E-state index in [0.29, 0.717) is 19.8 Å². The minimum Gasteiger partial charge on any atom is -0.496 e. The molecule has 134 valence electrons. The first-order valence-electron chi connectivity index (χ1n) is 8.79. The maximum atomic E-state index is 12.7. The molecule has 2 rings (SSSR count). The highest BCUT2D eigenvalue weighted by Gasteiger charge is 2.32. The van der Waals surface area contributed by atoms with Gasteiger partial charge in [0.15, 0.2) is 0 Å². The maximum Gasteiger partial charge on any atom is 0.251 e. The number of ether oxygens (including phenoxy) is 3. The molecular formula is C19H29NO4. The summed E-state index contributed by atoms with van der Waals surface area (Å²) in [5.74, 6) is 0.960. The summed E-state index contributed by atoms with van der Waals surface area (Å²) in [7, 11) is 1.69. The molecule has 1 aliphatic rings. The summed E-state index contributed by atoms with van der Waals surface area (Å²) < 4.78 is 16.3. The van der Waals surface area contributed by atoms with Crippen molar-refractivity contribution in [3.63, 3.8) is 0 Å². The Kier molecular flexibility index (Phi) is 7.53. The fourth-order valence-electron chi connectivity index (χ4n) is 3.20. The van der Waals surface area contributed by atoms with E-state index in [1.54, 1.807) is 7.11 Å². The SMILES string of the molecule is CCOCCO[C@H](C)C(=O)N1CCC[C@@H]1Cc1ccccc1OC. The molecule has 0 aliphatic carbocycles. The molecule has 1 amide bonds. The van der Waals surface area contributed by atoms with Crippen LogP contribution in [0.15, 0.2) is 24.3 Å². The van der Waals surface area contributed by atoms with Gasteiger partial charge < -0.3 is 19.1 Å². The van der Waals surface area contributed by atoms with Crippen LogP contribution in [0, 0.1) is 0 Å². The van der Waals surface area contributed by atoms with E-state index in [0.717, 1.165) is 37.1 Å². The van der Waals surface area contributed by atoms with Gasteiger partial charge >= 0.3 is 0 Å². The third kappa shape index (κ3) is 4.95. The van der Waals surface area contributed by atoms with Crippen LogP contribution in [-0.4, -0.2) is 56.4 Å². The van der Waals surface area contributed by atoms with Crippen molar-refractivity contribution in [3.8, 4) is 5.75 Å². The van der Waals surface area contributed by atoms with E-state index in [1.165, 1.54) is 0 Å². The average Bonchev–Trinajstić information content (AvgIpc) is 3.06. The third-order valence-corrected chi connectivity index (χ3v) is 4.46. The average molecular weight is 335 g/mol. The quantitative estimate of drug-likeness (QED) is 0.651. The van der Waals surface area contributed by atoms with Gasteiger partial charge in [0, 0.05) is 19.2 Å². The molecule has 1 fully saturated rings. The molecule has 5 heteroatoms. The van der Waals surface area contributed by atoms with Crippen LogP contribution in [-0.2, 0) is 20.7 Å². The molecule has 0 unspecified atom stereocenters. The van der Waals surface area contributed by atoms with Crippen molar-refractivity contribution >= 4 is 5.91 Å². The lowest BCUT2D eigenvalue weighted by Crippen LogP contribution is -2.43. The molecule has 0 radical (unpaired) electrons. The minimum atomic E-state index is -0.427. The first kappa shape index (κ1) is 18.7. The Morgan fingerprint density at radius 2 is 2.12 bits per heavy atom. The Morgan fingerprint density at radius 3 is 2.88 bits per heavy atom. The Labute approximate surface area is 144 Å². The van der Waals surface area contributed by atoms with Gasteiger partial charge in [-0.3, -0.25) is 4.79 Å². The van der Waals surface area contributed by atoms with Crippen LogP contribution in [0.3, 0.4) is 0 Å². The van der Waals surface area contributed by atoms with Crippen LogP contribution in [0.25, 0.3) is 0 Å². The van der Waals surface area contributed by atoms with Gasteiger partial charge in [0.05, 0.1) is 20.3 Å². The van der Waals surface area contributed by atoms with Crippen LogP contribution < -0.4 is 4.74 Å². The number of rotatable bonds is 9. The molecule has 1 aliphatic heterocycles. The zero-order valence-electron chi connectivity index (χ0n) is 15.0. The molecule has 0 N–H and O–H groups in total. The van der Waals surface area contributed by atoms with Gasteiger partial charge in [-0.15, -0.1) is 0 Å². The summed E-state index contributed by atoms with van der Waals surface area (Å²) in [5.41, 5.74) is 1.15. The van der Waals surface area contributed by atoms with Crippen LogP contribution in [0.2, 0.25) is 0 Å². The van der Waals surface area contributed by atoms with E-state index in [4.69, 9.17) is 14.2 Å². The number of benzene rings is 1. The predicted molar refractivity (Wildman–Crippen MR) is 93.3 cm³/mol. The Hall–Kier alpha value is -1.59. The minimum absolute atomic E-state index is 0.0731. The maximum absolute atomic E-state index is 12.7. The van der Waals surface area contributed by atoms with Crippen molar-refractivity contribution < 1.29 is 19.0 Å². The fraction of sp³-hybridized carbons (Fsp3) is 0.632. The molecular weight excluding hydrogens is 306 g/mol. The summed E-state index contributed by atoms with van der Waals surface area (Å²) in [4.78, 5) is 14.7. The normalized spacial score (nSPS) is 18.6. The van der Waals surface area contributed by atoms with Gasteiger partial charge in [0.1, 0.15) is 11.9 Å². The summed E-state index contributed by atoms with van der Waals surface area (Å²) in [5, 5.41) is 0. The van der Waals surface area contributed by atoms with Crippen LogP contribution in [0.4, 0.5) is 0 Å². The van der Waals surface area contributed by atoms with Crippen molar-refractivity contribution in [1.82, 2.24) is 4.90 Å². The summed E-state index contributed by atoms with van der Waals surface area (Å²) in [6.45, 7) is 6.22. The van der Waals surface area contributed by atoms with Crippen molar-refractivity contribution in [2.75, 3.05) is 33.5 Å². The number of hydrogen-bond donors (Lipinski definition) is 0. The molecule has 0 spiro atoms. The second-order valence-corrected chi connectivity index (χ2v) is 6.05. The number of methoxy groups -OCH3 is 1. The van der Waals surface area contributed by atoms with Crippen LogP contribution in [0.1, 0.15) is 32.3 Å². The highest BCUT2D eigenvalue weighted by atomic mass is 16.5. The first-order valence-corrected chi connectivity index (χ1v) is 8.79. The molecule has 1 aromatic rings. The van der Waals surface area contributed by atoms with Crippen molar-refractivity contribution in [3.05, 3.63) is 29.8 Å². The third-order valence-electron chi connectivity index (χ3n) is 4.46. The van der Waals surface area contributed by atoms with E-state index in [9.17, 15) is 4.79 Å². The number of amides is 1. The molecule has 0 saturated carbocycles. The topological polar surface area (TPSA) is 48.0 Å². The predicted octanol–water partition coefficient (Wildman–Crippen LogP) is 2.67. The lowest BCUT2D eigenvalue weighted by molar-refractivity contribution is -0.144. The lowest BCUT2D eigenvalue weighted by Gasteiger charge is -2.28. The second-order valence-electron chi connectivity index (χ2n) is 6.05. The molecule has 5 nitrogen and oxygen atoms in total. The number of para-hydroxylation sites is 1. The molecule has 1 aromatic carbocycles. The fourth-order valence-corrected chi connectivity index (χ4v) is 3.20. The molecule has 1 saturated heterocycles. The van der Waals surface area contributed by atoms with Crippen LogP contribution >= 0.6 is 0 Å². The van der Waals surface area contributed by atoms with Crippen molar-refractivity contribution in [1.29, 1.82) is 0 Å². The lowest BCUT2D eigenvalue weighted by atomic mass is 10.0. The summed E-state index contributed by atoms with van der Waals surface area (Å²) in [6, 6.07) is 8.23. The van der Waals surface area contributed by atoms with Crippen molar-refractivity contribution in [2.45, 2.75) is 45.3 Å². The second kappa shape index (κ2) is 9.64. The highest BCUT2D eigenvalue weighted by Crippen LogP contribution is 2.26. The van der Waals surface area contributed by atoms with E-state index < -0.39 is 6.10 Å². The van der Waals surface area contributed by atoms with Gasteiger partial charge in [-0.2, -0.15) is 0 Å². The molecule has 24 heavy (non-hydrogen) atoms. The van der Waals surface area contributed by atoms with Gasteiger partial charge in [-0.1, -0.05) is 18.2 Å². The molecule has 0 bridgehead atoms. The zero-order valence-corrected chi connectivity index (χ0v) is 15.0. The smallest absolute Gasteiger partial charge is 0.251 e. The molecule has 2 atom stereocenters. The molecule has 0 aromatic heterocycles. The number of carbonyl (C=O) groups excluding carboxylic acids is 1. The van der Waals surface area contributed by atoms with Gasteiger partial charge in [-0.05, 0) is 44.7 Å². The van der Waals surface area contributed by atoms with E-state index in [2.05, 4.69) is 6.07 Å². The van der Waals surface area contributed by atoms with Gasteiger partial charge in [0.25, 0.3) is 5.91 Å². The van der Waals surface area contributed by atoms with E-state index in [-0.39, 0.29) is 11.9 Å². The molecule has 1 heterocycles. The number of hydrogen-bond acceptors (Lipinski definition) is 4. The Balaban J connectivity index is 1.93. The standard InChI is InChI=1S/C19H29NO4/c1-4-23-12-13-24-15(2)19(21)20-11-7-9-17(20)14-16-8-5-6-10-18(16)22-3/h5-6,8,10,15,17H,4,7,9,11-14H2,1-3H3/t15-,17-/m1/s1. The number of nitrogens with zero attached hydrogens (tertiary/aromatic N) is 1. The Morgan fingerprint density at radius 1 is 1.33 bits per heavy atom. The zero-order chi connectivity index (χ0) is 17.4. The largest absolute Gasteiger partial charge is 0.496 e. The summed E-state index contributed by atoms with van der Waals surface area (Å²) >= 11 is 0. The van der Waals surface area contributed by atoms with Gasteiger partial charge in [-0.25, -0.2) is 0 Å². The van der Waals surface area contributed by atoms with E-state index >= 15 is 0 Å². The number of likely N-dealkylation sites (tertiary alicyclic amines) is 1. The highest BCUT2D eigenvalue weighted by molar-refractivity contribution is 5.81. The number of carbonyl (C=O) groups is 1. The van der Waals surface area contributed by atoms with Crippen molar-refractivity contribution in [2.24, 2.45) is 0 Å². The van der Waals surface area contributed by atoms with Gasteiger partial charge in [0.2, 0.25) is 0 Å². The monoisotopic (exact) mass is 335 g/mol. The Bertz CT molecular complexity index is 520. The summed E-state index contributed by atoms with van der Waals surface area (Å²) in [6.07, 6.45) is 2.46. The van der Waals surface area contributed by atoms with Crippen LogP contribution in [0.5, 0.6) is 5.75 Å². The van der Waals surface area contributed by atoms with E-state index in [1.807, 2.05) is 36.9 Å².